The van der Waals surface area contributed by atoms with Gasteiger partial charge >= 0.3 is 0 Å². The number of carbonyl (C=O) groups is 2. The molecule has 0 radical (unpaired) electrons. The second-order valence-corrected chi connectivity index (χ2v) is 8.23. The van der Waals surface area contributed by atoms with Gasteiger partial charge in [0.25, 0.3) is 0 Å². The third-order valence-corrected chi connectivity index (χ3v) is 6.15. The average Bonchev–Trinajstić information content (AvgIpc) is 2.94. The molecule has 4 nitrogen and oxygen atoms in total. The highest BCUT2D eigenvalue weighted by atomic mass is 35.5. The van der Waals surface area contributed by atoms with Crippen molar-refractivity contribution in [2.75, 3.05) is 10.2 Å². The van der Waals surface area contributed by atoms with Gasteiger partial charge in [-0.15, -0.1) is 0 Å². The van der Waals surface area contributed by atoms with Crippen LogP contribution in [0.15, 0.2) is 84.2 Å². The molecule has 3 aromatic carbocycles. The summed E-state index contributed by atoms with van der Waals surface area (Å²) in [6.07, 6.45) is 1.74. The topological polar surface area (TPSA) is 49.4 Å². The first-order valence-electron chi connectivity index (χ1n) is 10.4. The fraction of sp³-hybridized carbons (Fsp3) is 0.154. The zero-order valence-corrected chi connectivity index (χ0v) is 17.8. The van der Waals surface area contributed by atoms with Crippen LogP contribution in [0.25, 0.3) is 0 Å². The van der Waals surface area contributed by atoms with Gasteiger partial charge in [-0.05, 0) is 42.3 Å². The first-order chi connectivity index (χ1) is 15.1. The lowest BCUT2D eigenvalue weighted by Crippen LogP contribution is -2.36. The van der Waals surface area contributed by atoms with Gasteiger partial charge < -0.3 is 10.2 Å². The summed E-state index contributed by atoms with van der Waals surface area (Å²) in [5.74, 6) is -0.322. The molecule has 2 aliphatic rings. The number of ketones is 2. The number of halogens is 1. The molecule has 1 aliphatic carbocycles. The van der Waals surface area contributed by atoms with Gasteiger partial charge in [0.2, 0.25) is 11.6 Å². The number of carbonyl (C=O) groups excluding carboxylic acids is 2. The molecule has 0 fully saturated rings. The summed E-state index contributed by atoms with van der Waals surface area (Å²) >= 11 is 6.15. The molecule has 1 N–H and O–H groups in total. The Hall–Kier alpha value is -3.37. The molecule has 1 heterocycles. The van der Waals surface area contributed by atoms with E-state index in [-0.39, 0.29) is 17.6 Å². The minimum absolute atomic E-state index is 0.107. The third kappa shape index (κ3) is 3.15. The third-order valence-electron chi connectivity index (χ3n) is 5.89. The number of Topliss-reactive ketones (excluding diaryl/α,β-unsaturated/α-hetero) is 2. The molecule has 0 aromatic heterocycles. The van der Waals surface area contributed by atoms with Gasteiger partial charge in [-0.3, -0.25) is 9.59 Å². The summed E-state index contributed by atoms with van der Waals surface area (Å²) in [6, 6.07) is 22.3. The lowest BCUT2D eigenvalue weighted by Gasteiger charge is -2.36. The molecule has 0 spiro atoms. The number of anilines is 2. The number of nitrogens with zero attached hydrogens (tertiary/aromatic N) is 1. The monoisotopic (exact) mass is 428 g/mol. The van der Waals surface area contributed by atoms with E-state index in [1.807, 2.05) is 47.4 Å². The van der Waals surface area contributed by atoms with Crippen LogP contribution in [0, 0.1) is 0 Å². The summed E-state index contributed by atoms with van der Waals surface area (Å²) in [5, 5.41) is 3.94. The Balaban J connectivity index is 1.81. The number of hydrogen-bond acceptors (Lipinski definition) is 4. The van der Waals surface area contributed by atoms with Gasteiger partial charge in [0.1, 0.15) is 11.4 Å². The predicted octanol–water partition coefficient (Wildman–Crippen LogP) is 6.40. The number of allylic oxidation sites excluding steroid dienone is 2. The van der Waals surface area contributed by atoms with Crippen molar-refractivity contribution in [3.63, 3.8) is 0 Å². The maximum Gasteiger partial charge on any atom is 0.212 e. The molecule has 31 heavy (non-hydrogen) atoms. The quantitative estimate of drug-likeness (QED) is 0.524. The van der Waals surface area contributed by atoms with E-state index in [4.69, 9.17) is 11.6 Å². The molecule has 0 bridgehead atoms. The number of rotatable bonds is 3. The van der Waals surface area contributed by atoms with E-state index in [2.05, 4.69) is 18.3 Å². The van der Waals surface area contributed by atoms with Crippen LogP contribution in [0.4, 0.5) is 11.4 Å². The number of hydrogen-bond donors (Lipinski definition) is 1. The van der Waals surface area contributed by atoms with Crippen LogP contribution in [-0.4, -0.2) is 11.6 Å². The van der Waals surface area contributed by atoms with Crippen molar-refractivity contribution in [3.8, 4) is 0 Å². The van der Waals surface area contributed by atoms with Crippen LogP contribution in [-0.2, 0) is 0 Å². The molecule has 3 aromatic rings. The molecule has 1 atom stereocenters. The highest BCUT2D eigenvalue weighted by Gasteiger charge is 2.41. The highest BCUT2D eigenvalue weighted by Crippen LogP contribution is 2.44. The normalized spacial score (nSPS) is 17.5. The zero-order valence-electron chi connectivity index (χ0n) is 17.1. The van der Waals surface area contributed by atoms with Crippen LogP contribution in [0.2, 0.25) is 5.02 Å². The van der Waals surface area contributed by atoms with Gasteiger partial charge in [0, 0.05) is 27.5 Å². The van der Waals surface area contributed by atoms with Crippen LogP contribution < -0.4 is 10.2 Å². The maximum absolute atomic E-state index is 13.8. The Morgan fingerprint density at radius 1 is 0.871 bits per heavy atom. The van der Waals surface area contributed by atoms with E-state index in [0.717, 1.165) is 29.8 Å². The molecular formula is C26H21ClN2O2. The Morgan fingerprint density at radius 2 is 1.52 bits per heavy atom. The fourth-order valence-corrected chi connectivity index (χ4v) is 4.63. The Kier molecular flexibility index (Phi) is 4.87. The standard InChI is InChI=1S/C26H21ClN2O2/c1-2-7-22-20-10-5-6-11-21(20)28-23-24(29(22)17-14-12-16(27)13-15-17)26(31)19-9-4-3-8-18(19)25(23)30/h3-6,8-15,22,28H,2,7H2,1H3. The summed E-state index contributed by atoms with van der Waals surface area (Å²) in [7, 11) is 0. The minimum Gasteiger partial charge on any atom is -0.350 e. The van der Waals surface area contributed by atoms with E-state index >= 15 is 0 Å². The van der Waals surface area contributed by atoms with E-state index in [0.29, 0.717) is 27.5 Å². The summed E-state index contributed by atoms with van der Waals surface area (Å²) in [6.45, 7) is 2.12. The van der Waals surface area contributed by atoms with Crippen molar-refractivity contribution < 1.29 is 9.59 Å². The number of nitrogens with one attached hydrogen (secondary N) is 1. The summed E-state index contributed by atoms with van der Waals surface area (Å²) in [4.78, 5) is 29.3. The molecule has 0 amide bonds. The van der Waals surface area contributed by atoms with E-state index in [1.54, 1.807) is 24.3 Å². The molecule has 154 valence electrons. The minimum atomic E-state index is -0.170. The first kappa shape index (κ1) is 19.6. The van der Waals surface area contributed by atoms with Gasteiger partial charge in [-0.2, -0.15) is 0 Å². The largest absolute Gasteiger partial charge is 0.350 e. The van der Waals surface area contributed by atoms with Gasteiger partial charge in [0.05, 0.1) is 6.04 Å². The van der Waals surface area contributed by atoms with Crippen LogP contribution in [0.5, 0.6) is 0 Å². The summed E-state index contributed by atoms with van der Waals surface area (Å²) in [5.41, 5.74) is 4.32. The number of fused-ring (bicyclic) bond motifs is 2. The molecule has 0 saturated carbocycles. The van der Waals surface area contributed by atoms with Gasteiger partial charge in [-0.25, -0.2) is 0 Å². The maximum atomic E-state index is 13.8. The number of benzene rings is 3. The Morgan fingerprint density at radius 3 is 2.23 bits per heavy atom. The fourth-order valence-electron chi connectivity index (χ4n) is 4.51. The first-order valence-corrected chi connectivity index (χ1v) is 10.8. The van der Waals surface area contributed by atoms with Gasteiger partial charge in [-0.1, -0.05) is 67.4 Å². The zero-order chi connectivity index (χ0) is 21.5. The van der Waals surface area contributed by atoms with Gasteiger partial charge in [0.15, 0.2) is 0 Å². The molecule has 5 rings (SSSR count). The molecule has 1 unspecified atom stereocenters. The van der Waals surface area contributed by atoms with Crippen molar-refractivity contribution in [1.29, 1.82) is 0 Å². The molecule has 5 heteroatoms. The Bertz CT molecular complexity index is 1230. The average molecular weight is 429 g/mol. The highest BCUT2D eigenvalue weighted by molar-refractivity contribution is 6.31. The van der Waals surface area contributed by atoms with Crippen molar-refractivity contribution in [1.82, 2.24) is 0 Å². The van der Waals surface area contributed by atoms with E-state index in [1.165, 1.54) is 0 Å². The van der Waals surface area contributed by atoms with E-state index < -0.39 is 0 Å². The SMILES string of the molecule is CCCC1c2ccccc2NC2=C(C(=O)c3ccccc3C2=O)N1c1ccc(Cl)cc1. The van der Waals surface area contributed by atoms with Crippen LogP contribution in [0.1, 0.15) is 52.1 Å². The van der Waals surface area contributed by atoms with Crippen LogP contribution in [0.3, 0.4) is 0 Å². The molecule has 1 aliphatic heterocycles. The lowest BCUT2D eigenvalue weighted by molar-refractivity contribution is 0.0972. The predicted molar refractivity (Wildman–Crippen MR) is 124 cm³/mol. The Labute approximate surface area is 186 Å². The van der Waals surface area contributed by atoms with Crippen molar-refractivity contribution in [2.45, 2.75) is 25.8 Å². The molecular weight excluding hydrogens is 408 g/mol. The number of para-hydroxylation sites is 1. The van der Waals surface area contributed by atoms with Crippen LogP contribution >= 0.6 is 11.6 Å². The van der Waals surface area contributed by atoms with Crippen molar-refractivity contribution in [2.24, 2.45) is 0 Å². The molecule has 0 saturated heterocycles. The van der Waals surface area contributed by atoms with Crippen molar-refractivity contribution >= 4 is 34.5 Å². The van der Waals surface area contributed by atoms with Crippen molar-refractivity contribution in [3.05, 3.63) is 106 Å². The summed E-state index contributed by atoms with van der Waals surface area (Å²) < 4.78 is 0. The van der Waals surface area contributed by atoms with E-state index in [9.17, 15) is 9.59 Å². The lowest BCUT2D eigenvalue weighted by atomic mass is 9.89. The second kappa shape index (κ2) is 7.71. The second-order valence-electron chi connectivity index (χ2n) is 7.79. The smallest absolute Gasteiger partial charge is 0.212 e.